The second-order valence-corrected chi connectivity index (χ2v) is 5.58. The van der Waals surface area contributed by atoms with Gasteiger partial charge in [0.2, 0.25) is 0 Å². The monoisotopic (exact) mass is 349 g/mol. The maximum absolute atomic E-state index is 11.6. The maximum atomic E-state index is 11.6. The van der Waals surface area contributed by atoms with Crippen molar-refractivity contribution in [3.05, 3.63) is 63.6 Å². The number of aryl methyl sites for hydroxylation is 1. The first-order valence-electron chi connectivity index (χ1n) is 6.40. The van der Waals surface area contributed by atoms with Crippen molar-refractivity contribution in [3.8, 4) is 5.75 Å². The third-order valence-corrected chi connectivity index (χ3v) is 3.73. The highest BCUT2D eigenvalue weighted by molar-refractivity contribution is 9.10. The number of hydrogen-bond acceptors (Lipinski definition) is 3. The van der Waals surface area contributed by atoms with E-state index < -0.39 is 6.09 Å². The van der Waals surface area contributed by atoms with Crippen LogP contribution in [0.25, 0.3) is 0 Å². The number of ether oxygens (including phenoxy) is 1. The van der Waals surface area contributed by atoms with Gasteiger partial charge in [-0.15, -0.1) is 0 Å². The highest BCUT2D eigenvalue weighted by Crippen LogP contribution is 2.27. The number of nitrogens with one attached hydrogen (secondary N) is 1. The molecule has 0 radical (unpaired) electrons. The van der Waals surface area contributed by atoms with Gasteiger partial charge in [0.05, 0.1) is 13.2 Å². The van der Waals surface area contributed by atoms with Crippen LogP contribution in [0.2, 0.25) is 0 Å². The lowest BCUT2D eigenvalue weighted by Gasteiger charge is -2.20. The average molecular weight is 350 g/mol. The van der Waals surface area contributed by atoms with Crippen LogP contribution in [0.3, 0.4) is 0 Å². The summed E-state index contributed by atoms with van der Waals surface area (Å²) in [4.78, 5) is 11.6. The van der Waals surface area contributed by atoms with Gasteiger partial charge in [-0.1, -0.05) is 34.1 Å². The fraction of sp³-hybridized carbons (Fsp3) is 0.188. The molecule has 1 amide bonds. The second-order valence-electron chi connectivity index (χ2n) is 4.67. The summed E-state index contributed by atoms with van der Waals surface area (Å²) in [5.74, 6) is 0.228. The molecule has 0 saturated carbocycles. The lowest BCUT2D eigenvalue weighted by atomic mass is 9.97. The van der Waals surface area contributed by atoms with E-state index in [1.165, 1.54) is 7.11 Å². The zero-order valence-corrected chi connectivity index (χ0v) is 13.3. The van der Waals surface area contributed by atoms with Gasteiger partial charge in [0.25, 0.3) is 0 Å². The second kappa shape index (κ2) is 6.63. The summed E-state index contributed by atoms with van der Waals surface area (Å²) >= 11 is 3.39. The maximum Gasteiger partial charge on any atom is 0.407 e. The van der Waals surface area contributed by atoms with Gasteiger partial charge < -0.3 is 15.2 Å². The molecule has 0 aliphatic heterocycles. The first-order chi connectivity index (χ1) is 10.0. The van der Waals surface area contributed by atoms with Crippen molar-refractivity contribution in [1.82, 2.24) is 5.32 Å². The summed E-state index contributed by atoms with van der Waals surface area (Å²) in [6.07, 6.45) is -0.506. The van der Waals surface area contributed by atoms with Crippen molar-refractivity contribution in [2.75, 3.05) is 7.11 Å². The van der Waals surface area contributed by atoms with Gasteiger partial charge in [-0.2, -0.15) is 0 Å². The molecule has 21 heavy (non-hydrogen) atoms. The molecular formula is C16H16BrNO3. The minimum atomic E-state index is -0.506. The Hall–Kier alpha value is -2.01. The number of methoxy groups -OCH3 is 1. The summed E-state index contributed by atoms with van der Waals surface area (Å²) < 4.78 is 5.66. The Kier molecular flexibility index (Phi) is 4.85. The fourth-order valence-corrected chi connectivity index (χ4v) is 2.31. The van der Waals surface area contributed by atoms with Gasteiger partial charge in [0, 0.05) is 4.47 Å². The van der Waals surface area contributed by atoms with E-state index >= 15 is 0 Å². The molecule has 2 aromatic rings. The smallest absolute Gasteiger partial charge is 0.407 e. The molecule has 0 aromatic heterocycles. The van der Waals surface area contributed by atoms with Crippen LogP contribution < -0.4 is 5.32 Å². The fourth-order valence-electron chi connectivity index (χ4n) is 2.05. The van der Waals surface area contributed by atoms with E-state index in [9.17, 15) is 9.90 Å². The number of aromatic hydroxyl groups is 1. The summed E-state index contributed by atoms with van der Waals surface area (Å²) in [7, 11) is 1.33. The highest BCUT2D eigenvalue weighted by atomic mass is 79.9. The third-order valence-electron chi connectivity index (χ3n) is 3.21. The van der Waals surface area contributed by atoms with Crippen LogP contribution in [0.4, 0.5) is 4.79 Å². The molecule has 0 heterocycles. The number of halogens is 1. The van der Waals surface area contributed by atoms with Crippen molar-refractivity contribution in [1.29, 1.82) is 0 Å². The van der Waals surface area contributed by atoms with E-state index in [1.807, 2.05) is 37.3 Å². The Morgan fingerprint density at radius 3 is 2.38 bits per heavy atom. The van der Waals surface area contributed by atoms with E-state index in [2.05, 4.69) is 21.2 Å². The minimum Gasteiger partial charge on any atom is -0.508 e. The number of rotatable bonds is 3. The van der Waals surface area contributed by atoms with Gasteiger partial charge >= 0.3 is 6.09 Å². The molecule has 2 rings (SSSR count). The van der Waals surface area contributed by atoms with Crippen LogP contribution >= 0.6 is 15.9 Å². The molecule has 0 spiro atoms. The van der Waals surface area contributed by atoms with Crippen LogP contribution in [0.5, 0.6) is 5.75 Å². The number of phenolic OH excluding ortho intramolecular Hbond substituents is 1. The normalized spacial score (nSPS) is 11.8. The van der Waals surface area contributed by atoms with E-state index in [1.54, 1.807) is 12.1 Å². The number of hydrogen-bond donors (Lipinski definition) is 2. The highest BCUT2D eigenvalue weighted by Gasteiger charge is 2.18. The molecule has 4 nitrogen and oxygen atoms in total. The Labute approximate surface area is 131 Å². The van der Waals surface area contributed by atoms with Crippen LogP contribution in [0, 0.1) is 6.92 Å². The molecule has 2 aromatic carbocycles. The summed E-state index contributed by atoms with van der Waals surface area (Å²) in [6, 6.07) is 12.6. The van der Waals surface area contributed by atoms with Crippen molar-refractivity contribution in [2.45, 2.75) is 13.0 Å². The molecular weight excluding hydrogens is 334 g/mol. The molecule has 2 N–H and O–H groups in total. The van der Waals surface area contributed by atoms with Crippen LogP contribution in [0.1, 0.15) is 22.7 Å². The first kappa shape index (κ1) is 15.4. The van der Waals surface area contributed by atoms with Gasteiger partial charge in [-0.3, -0.25) is 0 Å². The summed E-state index contributed by atoms with van der Waals surface area (Å²) in [5.41, 5.74) is 2.55. The van der Waals surface area contributed by atoms with E-state index in [-0.39, 0.29) is 11.8 Å². The van der Waals surface area contributed by atoms with Crippen LogP contribution in [-0.4, -0.2) is 18.3 Å². The Bertz CT molecular complexity index is 640. The zero-order chi connectivity index (χ0) is 15.4. The van der Waals surface area contributed by atoms with E-state index in [0.717, 1.165) is 21.2 Å². The first-order valence-corrected chi connectivity index (χ1v) is 7.20. The topological polar surface area (TPSA) is 58.6 Å². The minimum absolute atomic E-state index is 0.228. The Morgan fingerprint density at radius 1 is 1.19 bits per heavy atom. The SMILES string of the molecule is COC(=O)N[C@H](c1ccc(Br)cc1)c1ccc(O)c(C)c1. The average Bonchev–Trinajstić information content (AvgIpc) is 2.48. The van der Waals surface area contributed by atoms with Gasteiger partial charge in [-0.25, -0.2) is 4.79 Å². The zero-order valence-electron chi connectivity index (χ0n) is 11.8. The molecule has 0 aliphatic carbocycles. The molecule has 0 bridgehead atoms. The number of benzene rings is 2. The lowest BCUT2D eigenvalue weighted by Crippen LogP contribution is -2.29. The number of alkyl carbamates (subject to hydrolysis) is 1. The van der Waals surface area contributed by atoms with Crippen molar-refractivity contribution >= 4 is 22.0 Å². The quantitative estimate of drug-likeness (QED) is 0.883. The molecule has 110 valence electrons. The predicted octanol–water partition coefficient (Wildman–Crippen LogP) is 3.91. The molecule has 1 atom stereocenters. The molecule has 5 heteroatoms. The van der Waals surface area contributed by atoms with Gasteiger partial charge in [-0.05, 0) is 47.9 Å². The van der Waals surface area contributed by atoms with Gasteiger partial charge in [0.15, 0.2) is 0 Å². The third kappa shape index (κ3) is 3.76. The number of amides is 1. The number of carbonyl (C=O) groups is 1. The van der Waals surface area contributed by atoms with Crippen LogP contribution in [0.15, 0.2) is 46.9 Å². The van der Waals surface area contributed by atoms with Crippen molar-refractivity contribution in [3.63, 3.8) is 0 Å². The summed E-state index contributed by atoms with van der Waals surface area (Å²) in [6.45, 7) is 1.82. The molecule has 0 saturated heterocycles. The molecule has 0 aliphatic rings. The van der Waals surface area contributed by atoms with Crippen LogP contribution in [-0.2, 0) is 4.74 Å². The Balaban J connectivity index is 2.41. The van der Waals surface area contributed by atoms with E-state index in [0.29, 0.717) is 0 Å². The largest absolute Gasteiger partial charge is 0.508 e. The summed E-state index contributed by atoms with van der Waals surface area (Å²) in [5, 5.41) is 12.4. The predicted molar refractivity (Wildman–Crippen MR) is 84.4 cm³/mol. The lowest BCUT2D eigenvalue weighted by molar-refractivity contribution is 0.168. The molecule has 0 unspecified atom stereocenters. The number of phenols is 1. The molecule has 0 fully saturated rings. The Morgan fingerprint density at radius 2 is 1.81 bits per heavy atom. The van der Waals surface area contributed by atoms with Crippen molar-refractivity contribution < 1.29 is 14.6 Å². The van der Waals surface area contributed by atoms with Crippen molar-refractivity contribution in [2.24, 2.45) is 0 Å². The standard InChI is InChI=1S/C16H16BrNO3/c1-10-9-12(5-8-14(10)19)15(18-16(20)21-2)11-3-6-13(17)7-4-11/h3-9,15,19H,1-2H3,(H,18,20)/t15-/m1/s1. The number of carbonyl (C=O) groups excluding carboxylic acids is 1. The van der Waals surface area contributed by atoms with E-state index in [4.69, 9.17) is 4.74 Å². The van der Waals surface area contributed by atoms with Gasteiger partial charge in [0.1, 0.15) is 5.75 Å².